The van der Waals surface area contributed by atoms with Crippen LogP contribution in [-0.2, 0) is 11.8 Å². The number of nitrogens with zero attached hydrogens (tertiary/aromatic N) is 6. The third-order valence-corrected chi connectivity index (χ3v) is 7.78. The van der Waals surface area contributed by atoms with Crippen LogP contribution in [0.15, 0.2) is 67.1 Å². The van der Waals surface area contributed by atoms with Gasteiger partial charge in [0.15, 0.2) is 5.82 Å². The molecule has 1 saturated heterocycles. The summed E-state index contributed by atoms with van der Waals surface area (Å²) < 4.78 is 14.0. The van der Waals surface area contributed by atoms with Crippen molar-refractivity contribution in [3.05, 3.63) is 78.2 Å². The molecular weight excluding hydrogens is 580 g/mol. The quantitative estimate of drug-likeness (QED) is 0.192. The fourth-order valence-electron chi connectivity index (χ4n) is 5.65. The first-order valence-corrected chi connectivity index (χ1v) is 15.5. The summed E-state index contributed by atoms with van der Waals surface area (Å²) in [5, 5.41) is 13.4. The lowest BCUT2D eigenvalue weighted by molar-refractivity contribution is 0.0206. The second-order valence-corrected chi connectivity index (χ2v) is 12.7. The standard InChI is InChI=1S/C35H40N8O3/c1-22-14-15-25-26(11-7-13-28(25)39-31-23(2)20-42(6)41-31)30(22)45-32-27(12-8-17-36-32)29-16-18-37-33(40-29)38-24-10-9-19-43(21-24)34(44)46-35(3,4)5/h7-8,11-18,20,24H,9-10,19,21H2,1-6H3,(H,39,41)(H,37,38,40)/t24-/m0/s1. The monoisotopic (exact) mass is 620 g/mol. The van der Waals surface area contributed by atoms with E-state index in [9.17, 15) is 4.79 Å². The average molecular weight is 621 g/mol. The Bertz CT molecular complexity index is 1880. The Kier molecular flexibility index (Phi) is 8.48. The van der Waals surface area contributed by atoms with Crippen molar-refractivity contribution in [2.75, 3.05) is 23.7 Å². The van der Waals surface area contributed by atoms with Gasteiger partial charge < -0.3 is 25.0 Å². The normalized spacial score (nSPS) is 15.1. The van der Waals surface area contributed by atoms with Crippen LogP contribution in [-0.4, -0.2) is 60.5 Å². The maximum Gasteiger partial charge on any atom is 0.410 e. The minimum absolute atomic E-state index is 0.00264. The molecule has 4 heterocycles. The van der Waals surface area contributed by atoms with Gasteiger partial charge in [0.05, 0.1) is 11.3 Å². The second-order valence-electron chi connectivity index (χ2n) is 12.7. The average Bonchev–Trinajstić information content (AvgIpc) is 3.34. The number of aromatic nitrogens is 5. The molecule has 3 aromatic heterocycles. The van der Waals surface area contributed by atoms with E-state index in [0.29, 0.717) is 30.6 Å². The van der Waals surface area contributed by atoms with Gasteiger partial charge in [-0.1, -0.05) is 24.3 Å². The number of nitrogens with one attached hydrogen (secondary N) is 2. The Balaban J connectivity index is 1.25. The molecule has 5 aromatic rings. The van der Waals surface area contributed by atoms with Gasteiger partial charge in [0.1, 0.15) is 11.4 Å². The van der Waals surface area contributed by atoms with E-state index in [0.717, 1.165) is 57.6 Å². The van der Waals surface area contributed by atoms with Crippen molar-refractivity contribution in [3.63, 3.8) is 0 Å². The second kappa shape index (κ2) is 12.7. The van der Waals surface area contributed by atoms with Crippen molar-refractivity contribution in [1.29, 1.82) is 0 Å². The lowest BCUT2D eigenvalue weighted by Gasteiger charge is -2.34. The molecule has 1 atom stereocenters. The van der Waals surface area contributed by atoms with Gasteiger partial charge in [0.2, 0.25) is 11.8 Å². The summed E-state index contributed by atoms with van der Waals surface area (Å²) in [5.41, 5.74) is 3.84. The number of anilines is 3. The van der Waals surface area contributed by atoms with E-state index in [1.165, 1.54) is 0 Å². The van der Waals surface area contributed by atoms with Crippen LogP contribution in [0.1, 0.15) is 44.7 Å². The van der Waals surface area contributed by atoms with E-state index in [-0.39, 0.29) is 12.1 Å². The van der Waals surface area contributed by atoms with Crippen LogP contribution in [0.3, 0.4) is 0 Å². The minimum atomic E-state index is -0.541. The summed E-state index contributed by atoms with van der Waals surface area (Å²) in [4.78, 5) is 28.3. The number of likely N-dealkylation sites (tertiary alicyclic amines) is 1. The lowest BCUT2D eigenvalue weighted by atomic mass is 10.0. The number of benzene rings is 2. The summed E-state index contributed by atoms with van der Waals surface area (Å²) >= 11 is 0. The van der Waals surface area contributed by atoms with E-state index in [1.807, 2.05) is 90.3 Å². The molecule has 6 rings (SSSR count). The molecule has 0 spiro atoms. The molecular formula is C35H40N8O3. The van der Waals surface area contributed by atoms with Crippen LogP contribution < -0.4 is 15.4 Å². The highest BCUT2D eigenvalue weighted by Gasteiger charge is 2.28. The van der Waals surface area contributed by atoms with Gasteiger partial charge in [-0.25, -0.2) is 19.7 Å². The fraction of sp³-hybridized carbons (Fsp3) is 0.343. The first-order valence-electron chi connectivity index (χ1n) is 15.5. The van der Waals surface area contributed by atoms with Crippen LogP contribution in [0.4, 0.5) is 22.2 Å². The molecule has 1 aliphatic heterocycles. The molecule has 11 heteroatoms. The van der Waals surface area contributed by atoms with Crippen LogP contribution in [0.25, 0.3) is 22.0 Å². The molecule has 0 unspecified atom stereocenters. The number of aryl methyl sites for hydroxylation is 3. The molecule has 0 aliphatic carbocycles. The predicted molar refractivity (Wildman–Crippen MR) is 180 cm³/mol. The Morgan fingerprint density at radius 3 is 2.61 bits per heavy atom. The third-order valence-electron chi connectivity index (χ3n) is 7.78. The van der Waals surface area contributed by atoms with Crippen LogP contribution >= 0.6 is 0 Å². The van der Waals surface area contributed by atoms with Crippen LogP contribution in [0.5, 0.6) is 11.6 Å². The zero-order valence-electron chi connectivity index (χ0n) is 27.2. The maximum atomic E-state index is 12.7. The maximum absolute atomic E-state index is 12.7. The van der Waals surface area contributed by atoms with Crippen LogP contribution in [0.2, 0.25) is 0 Å². The molecule has 46 heavy (non-hydrogen) atoms. The Hall–Kier alpha value is -5.19. The highest BCUT2D eigenvalue weighted by atomic mass is 16.6. The van der Waals surface area contributed by atoms with Gasteiger partial charge in [0, 0.05) is 66.8 Å². The minimum Gasteiger partial charge on any atom is -0.444 e. The number of ether oxygens (including phenoxy) is 2. The van der Waals surface area contributed by atoms with Gasteiger partial charge in [-0.05, 0) is 77.3 Å². The Morgan fingerprint density at radius 1 is 0.978 bits per heavy atom. The molecule has 0 bridgehead atoms. The number of hydrogen-bond donors (Lipinski definition) is 2. The number of hydrogen-bond acceptors (Lipinski definition) is 9. The summed E-state index contributed by atoms with van der Waals surface area (Å²) in [6, 6.07) is 15.9. The van der Waals surface area contributed by atoms with Gasteiger partial charge in [-0.2, -0.15) is 5.10 Å². The molecule has 2 aromatic carbocycles. The number of pyridine rings is 1. The van der Waals surface area contributed by atoms with Crippen molar-refractivity contribution in [3.8, 4) is 22.9 Å². The zero-order valence-corrected chi connectivity index (χ0v) is 27.2. The fourth-order valence-corrected chi connectivity index (χ4v) is 5.65. The molecule has 1 amide bonds. The number of amides is 1. The molecule has 0 saturated carbocycles. The Morgan fingerprint density at radius 2 is 1.83 bits per heavy atom. The molecule has 11 nitrogen and oxygen atoms in total. The zero-order chi connectivity index (χ0) is 32.4. The van der Waals surface area contributed by atoms with Crippen molar-refractivity contribution in [2.45, 2.75) is 59.1 Å². The first kappa shape index (κ1) is 30.8. The number of carbonyl (C=O) groups is 1. The lowest BCUT2D eigenvalue weighted by Crippen LogP contribution is -2.47. The summed E-state index contributed by atoms with van der Waals surface area (Å²) in [6.45, 7) is 10.9. The number of carbonyl (C=O) groups excluding carboxylic acids is 1. The smallest absolute Gasteiger partial charge is 0.410 e. The Labute approximate surface area is 269 Å². The number of fused-ring (bicyclic) bond motifs is 1. The topological polar surface area (TPSA) is 119 Å². The molecule has 238 valence electrons. The van der Waals surface area contributed by atoms with Crippen molar-refractivity contribution >= 4 is 34.3 Å². The predicted octanol–water partition coefficient (Wildman–Crippen LogP) is 7.39. The van der Waals surface area contributed by atoms with E-state index in [2.05, 4.69) is 31.8 Å². The van der Waals surface area contributed by atoms with E-state index >= 15 is 0 Å². The van der Waals surface area contributed by atoms with Gasteiger partial charge in [-0.3, -0.25) is 4.68 Å². The SMILES string of the molecule is Cc1cn(C)nc1Nc1cccc2c(Oc3ncccc3-c3ccnc(N[C@H]4CCCN(C(=O)OC(C)(C)C)C4)n3)c(C)ccc12. The molecule has 2 N–H and O–H groups in total. The third kappa shape index (κ3) is 6.88. The van der Waals surface area contributed by atoms with E-state index in [1.54, 1.807) is 22.0 Å². The summed E-state index contributed by atoms with van der Waals surface area (Å²) in [5.74, 6) is 2.44. The van der Waals surface area contributed by atoms with Gasteiger partial charge in [0.25, 0.3) is 0 Å². The van der Waals surface area contributed by atoms with E-state index < -0.39 is 5.60 Å². The highest BCUT2D eigenvalue weighted by molar-refractivity contribution is 5.99. The van der Waals surface area contributed by atoms with Gasteiger partial charge in [-0.15, -0.1) is 0 Å². The number of rotatable bonds is 7. The van der Waals surface area contributed by atoms with Gasteiger partial charge >= 0.3 is 6.09 Å². The largest absolute Gasteiger partial charge is 0.444 e. The first-order chi connectivity index (χ1) is 22.0. The van der Waals surface area contributed by atoms with E-state index in [4.69, 9.17) is 14.5 Å². The number of piperidine rings is 1. The van der Waals surface area contributed by atoms with Crippen molar-refractivity contribution < 1.29 is 14.3 Å². The van der Waals surface area contributed by atoms with Crippen molar-refractivity contribution in [2.24, 2.45) is 7.05 Å². The molecule has 1 aliphatic rings. The summed E-state index contributed by atoms with van der Waals surface area (Å²) in [7, 11) is 1.91. The summed E-state index contributed by atoms with van der Waals surface area (Å²) in [6.07, 6.45) is 6.87. The van der Waals surface area contributed by atoms with Crippen molar-refractivity contribution in [1.82, 2.24) is 29.6 Å². The molecule has 1 fully saturated rings. The molecule has 0 radical (unpaired) electrons. The van der Waals surface area contributed by atoms with Crippen LogP contribution in [0, 0.1) is 13.8 Å². The highest BCUT2D eigenvalue weighted by Crippen LogP contribution is 2.39.